The van der Waals surface area contributed by atoms with Crippen LogP contribution in [-0.2, 0) is 4.74 Å². The van der Waals surface area contributed by atoms with Crippen LogP contribution in [0.1, 0.15) is 38.1 Å². The number of amides is 1. The van der Waals surface area contributed by atoms with Crippen LogP contribution in [0.5, 0.6) is 0 Å². The molecule has 0 spiro atoms. The van der Waals surface area contributed by atoms with Crippen LogP contribution in [0.3, 0.4) is 0 Å². The minimum absolute atomic E-state index is 0.229. The Bertz CT molecular complexity index is 440. The van der Waals surface area contributed by atoms with Crippen LogP contribution in [0, 0.1) is 0 Å². The second-order valence-corrected chi connectivity index (χ2v) is 6.43. The molecule has 1 aromatic rings. The summed E-state index contributed by atoms with van der Waals surface area (Å²) in [5, 5.41) is 9.21. The van der Waals surface area contributed by atoms with E-state index in [1.54, 1.807) is 4.90 Å². The normalized spacial score (nSPS) is 20.2. The van der Waals surface area contributed by atoms with E-state index in [2.05, 4.69) is 10.2 Å². The molecule has 0 saturated carbocycles. The van der Waals surface area contributed by atoms with Gasteiger partial charge in [0.15, 0.2) is 0 Å². The third kappa shape index (κ3) is 3.10. The van der Waals surface area contributed by atoms with Crippen molar-refractivity contribution in [3.8, 4) is 0 Å². The Labute approximate surface area is 110 Å². The van der Waals surface area contributed by atoms with Crippen LogP contribution in [0.4, 0.5) is 9.93 Å². The first kappa shape index (κ1) is 13.1. The smallest absolute Gasteiger partial charge is 0.410 e. The van der Waals surface area contributed by atoms with Crippen LogP contribution in [-0.4, -0.2) is 39.9 Å². The van der Waals surface area contributed by atoms with Gasteiger partial charge in [0.05, 0.1) is 0 Å². The number of hydrogen-bond acceptors (Lipinski definition) is 6. The Morgan fingerprint density at radius 2 is 2.22 bits per heavy atom. The summed E-state index contributed by atoms with van der Waals surface area (Å²) in [5.41, 5.74) is 5.11. The zero-order chi connectivity index (χ0) is 13.3. The summed E-state index contributed by atoms with van der Waals surface area (Å²) in [5.74, 6) is 0.229. The summed E-state index contributed by atoms with van der Waals surface area (Å²) in [4.78, 5) is 13.6. The molecule has 0 aromatic carbocycles. The maximum absolute atomic E-state index is 11.9. The third-order valence-corrected chi connectivity index (χ3v) is 3.56. The van der Waals surface area contributed by atoms with Gasteiger partial charge in [-0.25, -0.2) is 4.79 Å². The highest BCUT2D eigenvalue weighted by atomic mass is 32.1. The van der Waals surface area contributed by atoms with Crippen LogP contribution in [0.15, 0.2) is 0 Å². The number of carbonyl (C=O) groups is 1. The first-order chi connectivity index (χ1) is 8.35. The Kier molecular flexibility index (Phi) is 3.43. The predicted octanol–water partition coefficient (Wildman–Crippen LogP) is 1.84. The highest BCUT2D eigenvalue weighted by molar-refractivity contribution is 7.15. The molecule has 1 fully saturated rings. The van der Waals surface area contributed by atoms with E-state index in [4.69, 9.17) is 10.5 Å². The summed E-state index contributed by atoms with van der Waals surface area (Å²) in [6, 6.07) is 0. The van der Waals surface area contributed by atoms with E-state index in [1.165, 1.54) is 11.3 Å². The average molecular weight is 270 g/mol. The molecule has 6 nitrogen and oxygen atoms in total. The summed E-state index contributed by atoms with van der Waals surface area (Å²) >= 11 is 1.39. The van der Waals surface area contributed by atoms with Gasteiger partial charge in [-0.3, -0.25) is 0 Å². The summed E-state index contributed by atoms with van der Waals surface area (Å²) < 4.78 is 5.34. The van der Waals surface area contributed by atoms with Gasteiger partial charge >= 0.3 is 6.09 Å². The van der Waals surface area contributed by atoms with Crippen molar-refractivity contribution in [3.63, 3.8) is 0 Å². The maximum Gasteiger partial charge on any atom is 0.410 e. The van der Waals surface area contributed by atoms with Gasteiger partial charge in [-0.05, 0) is 27.2 Å². The number of likely N-dealkylation sites (tertiary alicyclic amines) is 1. The first-order valence-corrected chi connectivity index (χ1v) is 6.73. The SMILES string of the molecule is CC(C)(C)OC(=O)N1CCC(c2nnc(N)s2)C1. The van der Waals surface area contributed by atoms with E-state index in [9.17, 15) is 4.79 Å². The molecular weight excluding hydrogens is 252 g/mol. The number of rotatable bonds is 1. The highest BCUT2D eigenvalue weighted by Crippen LogP contribution is 2.30. The minimum Gasteiger partial charge on any atom is -0.444 e. The molecule has 2 rings (SSSR count). The zero-order valence-corrected chi connectivity index (χ0v) is 11.7. The summed E-state index contributed by atoms with van der Waals surface area (Å²) in [6.07, 6.45) is 0.621. The lowest BCUT2D eigenvalue weighted by atomic mass is 10.1. The van der Waals surface area contributed by atoms with Crippen molar-refractivity contribution < 1.29 is 9.53 Å². The van der Waals surface area contributed by atoms with Crippen molar-refractivity contribution in [1.82, 2.24) is 15.1 Å². The van der Waals surface area contributed by atoms with Crippen molar-refractivity contribution in [1.29, 1.82) is 0 Å². The predicted molar refractivity (Wildman–Crippen MR) is 69.5 cm³/mol. The molecule has 2 heterocycles. The summed E-state index contributed by atoms with van der Waals surface area (Å²) in [7, 11) is 0. The van der Waals surface area contributed by atoms with Crippen LogP contribution in [0.2, 0.25) is 0 Å². The summed E-state index contributed by atoms with van der Waals surface area (Å²) in [6.45, 7) is 6.92. The molecule has 0 bridgehead atoms. The average Bonchev–Trinajstić information content (AvgIpc) is 2.82. The molecule has 1 aromatic heterocycles. The number of hydrogen-bond donors (Lipinski definition) is 1. The van der Waals surface area contributed by atoms with Gasteiger partial charge < -0.3 is 15.4 Å². The lowest BCUT2D eigenvalue weighted by Gasteiger charge is -2.24. The molecule has 1 aliphatic heterocycles. The number of ether oxygens (including phenoxy) is 1. The molecule has 100 valence electrons. The van der Waals surface area contributed by atoms with E-state index in [-0.39, 0.29) is 12.0 Å². The molecule has 2 N–H and O–H groups in total. The Hall–Kier alpha value is -1.37. The molecular formula is C11H18N4O2S. The number of nitrogen functional groups attached to an aromatic ring is 1. The first-order valence-electron chi connectivity index (χ1n) is 5.92. The largest absolute Gasteiger partial charge is 0.444 e. The number of nitrogens with two attached hydrogens (primary N) is 1. The molecule has 1 atom stereocenters. The monoisotopic (exact) mass is 270 g/mol. The zero-order valence-electron chi connectivity index (χ0n) is 10.8. The molecule has 7 heteroatoms. The van der Waals surface area contributed by atoms with Gasteiger partial charge in [-0.1, -0.05) is 11.3 Å². The van der Waals surface area contributed by atoms with Gasteiger partial charge in [-0.2, -0.15) is 0 Å². The van der Waals surface area contributed by atoms with Gasteiger partial charge in [0, 0.05) is 19.0 Å². The van der Waals surface area contributed by atoms with Gasteiger partial charge in [0.1, 0.15) is 10.6 Å². The minimum atomic E-state index is -0.456. The fraction of sp³-hybridized carbons (Fsp3) is 0.727. The van der Waals surface area contributed by atoms with Crippen molar-refractivity contribution in [2.45, 2.75) is 38.7 Å². The van der Waals surface area contributed by atoms with E-state index in [0.717, 1.165) is 11.4 Å². The quantitative estimate of drug-likeness (QED) is 0.842. The standard InChI is InChI=1S/C11H18N4O2S/c1-11(2,3)17-10(16)15-5-4-7(6-15)8-13-14-9(12)18-8/h7H,4-6H2,1-3H3,(H2,12,14). The number of nitrogens with zero attached hydrogens (tertiary/aromatic N) is 3. The lowest BCUT2D eigenvalue weighted by molar-refractivity contribution is 0.0292. The highest BCUT2D eigenvalue weighted by Gasteiger charge is 2.32. The molecule has 1 saturated heterocycles. The third-order valence-electron chi connectivity index (χ3n) is 2.65. The molecule has 0 aliphatic carbocycles. The van der Waals surface area contributed by atoms with Crippen molar-refractivity contribution in [2.75, 3.05) is 18.8 Å². The number of anilines is 1. The fourth-order valence-corrected chi connectivity index (χ4v) is 2.60. The number of carbonyl (C=O) groups excluding carboxylic acids is 1. The Morgan fingerprint density at radius 1 is 1.50 bits per heavy atom. The molecule has 1 aliphatic rings. The molecule has 1 amide bonds. The van der Waals surface area contributed by atoms with E-state index in [0.29, 0.717) is 18.2 Å². The van der Waals surface area contributed by atoms with Crippen molar-refractivity contribution in [3.05, 3.63) is 5.01 Å². The van der Waals surface area contributed by atoms with Gasteiger partial charge in [0.25, 0.3) is 0 Å². The van der Waals surface area contributed by atoms with Crippen LogP contribution >= 0.6 is 11.3 Å². The van der Waals surface area contributed by atoms with E-state index >= 15 is 0 Å². The Balaban J connectivity index is 1.94. The molecule has 18 heavy (non-hydrogen) atoms. The van der Waals surface area contributed by atoms with E-state index in [1.807, 2.05) is 20.8 Å². The van der Waals surface area contributed by atoms with Gasteiger partial charge in [0.2, 0.25) is 5.13 Å². The van der Waals surface area contributed by atoms with E-state index < -0.39 is 5.60 Å². The van der Waals surface area contributed by atoms with Crippen LogP contribution in [0.25, 0.3) is 0 Å². The van der Waals surface area contributed by atoms with Crippen LogP contribution < -0.4 is 5.73 Å². The second-order valence-electron chi connectivity index (χ2n) is 5.39. The van der Waals surface area contributed by atoms with Gasteiger partial charge in [-0.15, -0.1) is 10.2 Å². The molecule has 0 radical (unpaired) electrons. The topological polar surface area (TPSA) is 81.3 Å². The van der Waals surface area contributed by atoms with Crippen molar-refractivity contribution in [2.24, 2.45) is 0 Å². The van der Waals surface area contributed by atoms with Crippen molar-refractivity contribution >= 4 is 22.6 Å². The number of aromatic nitrogens is 2. The fourth-order valence-electron chi connectivity index (χ4n) is 1.87. The maximum atomic E-state index is 11.9. The lowest BCUT2D eigenvalue weighted by Crippen LogP contribution is -2.35. The Morgan fingerprint density at radius 3 is 2.78 bits per heavy atom. The molecule has 1 unspecified atom stereocenters. The second kappa shape index (κ2) is 4.72.